The molecule has 1 unspecified atom stereocenters. The Bertz CT molecular complexity index is 181. The zero-order valence-corrected chi connectivity index (χ0v) is 8.24. The molecule has 0 radical (unpaired) electrons. The molecular formula is C9H16O4. The van der Waals surface area contributed by atoms with Gasteiger partial charge in [-0.15, -0.1) is 0 Å². The normalized spacial score (nSPS) is 13.5. The van der Waals surface area contributed by atoms with Crippen LogP contribution < -0.4 is 0 Å². The molecule has 0 heterocycles. The quantitative estimate of drug-likeness (QED) is 0.520. The highest BCUT2D eigenvalue weighted by atomic mass is 16.6. The van der Waals surface area contributed by atoms with Crippen LogP contribution in [0.4, 0.5) is 0 Å². The third kappa shape index (κ3) is 6.28. The molecule has 0 aliphatic rings. The van der Waals surface area contributed by atoms with Crippen molar-refractivity contribution in [3.8, 4) is 0 Å². The van der Waals surface area contributed by atoms with E-state index in [4.69, 9.17) is 4.74 Å². The fourth-order valence-corrected chi connectivity index (χ4v) is 0.714. The van der Waals surface area contributed by atoms with Gasteiger partial charge in [-0.05, 0) is 27.2 Å². The van der Waals surface area contributed by atoms with Crippen molar-refractivity contribution in [2.45, 2.75) is 45.3 Å². The molecule has 0 aromatic carbocycles. The van der Waals surface area contributed by atoms with Gasteiger partial charge in [0.1, 0.15) is 11.9 Å². The molecule has 0 bridgehead atoms. The fraction of sp³-hybridized carbons (Fsp3) is 0.778. The molecule has 0 amide bonds. The van der Waals surface area contributed by atoms with Crippen molar-refractivity contribution >= 4 is 12.3 Å². The molecule has 4 heteroatoms. The summed E-state index contributed by atoms with van der Waals surface area (Å²) in [6.07, 6.45) is -0.240. The van der Waals surface area contributed by atoms with Gasteiger partial charge in [-0.3, -0.25) is 0 Å². The van der Waals surface area contributed by atoms with Crippen LogP contribution in [0.1, 0.15) is 33.6 Å². The van der Waals surface area contributed by atoms with E-state index in [0.717, 1.165) is 0 Å². The SMILES string of the molecule is CC(C)(C)OC(=O)C(O)CCC=O. The van der Waals surface area contributed by atoms with Gasteiger partial charge in [0.2, 0.25) is 0 Å². The van der Waals surface area contributed by atoms with Crippen LogP contribution in [-0.2, 0) is 14.3 Å². The summed E-state index contributed by atoms with van der Waals surface area (Å²) < 4.78 is 4.89. The number of esters is 1. The van der Waals surface area contributed by atoms with Gasteiger partial charge in [0.15, 0.2) is 6.10 Å². The average molecular weight is 188 g/mol. The number of hydrogen-bond acceptors (Lipinski definition) is 4. The van der Waals surface area contributed by atoms with E-state index in [1.165, 1.54) is 0 Å². The molecule has 0 aliphatic heterocycles. The summed E-state index contributed by atoms with van der Waals surface area (Å²) >= 11 is 0. The van der Waals surface area contributed by atoms with Crippen molar-refractivity contribution in [3.05, 3.63) is 0 Å². The van der Waals surface area contributed by atoms with Crippen molar-refractivity contribution in [1.29, 1.82) is 0 Å². The lowest BCUT2D eigenvalue weighted by Crippen LogP contribution is -2.31. The van der Waals surface area contributed by atoms with E-state index in [9.17, 15) is 14.7 Å². The Morgan fingerprint density at radius 3 is 2.46 bits per heavy atom. The molecule has 0 saturated heterocycles. The van der Waals surface area contributed by atoms with Gasteiger partial charge >= 0.3 is 5.97 Å². The van der Waals surface area contributed by atoms with E-state index in [2.05, 4.69) is 0 Å². The number of aliphatic hydroxyl groups is 1. The molecule has 1 N–H and O–H groups in total. The molecule has 0 rings (SSSR count). The second-order valence-corrected chi connectivity index (χ2v) is 3.79. The molecule has 4 nitrogen and oxygen atoms in total. The Labute approximate surface area is 77.9 Å². The standard InChI is InChI=1S/C9H16O4/c1-9(2,3)13-8(12)7(11)5-4-6-10/h6-7,11H,4-5H2,1-3H3. The molecule has 0 fully saturated rings. The second kappa shape index (κ2) is 4.97. The first-order chi connectivity index (χ1) is 5.87. The Balaban J connectivity index is 3.89. The van der Waals surface area contributed by atoms with Crippen LogP contribution >= 0.6 is 0 Å². The van der Waals surface area contributed by atoms with Crippen LogP contribution in [0.3, 0.4) is 0 Å². The van der Waals surface area contributed by atoms with Crippen molar-refractivity contribution in [3.63, 3.8) is 0 Å². The number of ether oxygens (including phenoxy) is 1. The molecule has 13 heavy (non-hydrogen) atoms. The van der Waals surface area contributed by atoms with Crippen molar-refractivity contribution in [2.24, 2.45) is 0 Å². The van der Waals surface area contributed by atoms with Crippen LogP contribution in [0.2, 0.25) is 0 Å². The monoisotopic (exact) mass is 188 g/mol. The van der Waals surface area contributed by atoms with Crippen molar-refractivity contribution in [2.75, 3.05) is 0 Å². The van der Waals surface area contributed by atoms with E-state index in [1.807, 2.05) is 0 Å². The molecule has 0 aliphatic carbocycles. The number of hydrogen-bond donors (Lipinski definition) is 1. The Morgan fingerprint density at radius 1 is 1.54 bits per heavy atom. The minimum Gasteiger partial charge on any atom is -0.458 e. The van der Waals surface area contributed by atoms with Gasteiger partial charge in [-0.2, -0.15) is 0 Å². The fourth-order valence-electron chi connectivity index (χ4n) is 0.714. The molecule has 0 saturated carbocycles. The van der Waals surface area contributed by atoms with Gasteiger partial charge in [-0.1, -0.05) is 0 Å². The number of aldehydes is 1. The van der Waals surface area contributed by atoms with E-state index in [1.54, 1.807) is 20.8 Å². The van der Waals surface area contributed by atoms with Crippen LogP contribution in [-0.4, -0.2) is 29.1 Å². The van der Waals surface area contributed by atoms with Crippen LogP contribution in [0.5, 0.6) is 0 Å². The topological polar surface area (TPSA) is 63.6 Å². The second-order valence-electron chi connectivity index (χ2n) is 3.79. The molecule has 76 valence electrons. The van der Waals surface area contributed by atoms with Gasteiger partial charge < -0.3 is 14.6 Å². The number of aliphatic hydroxyl groups excluding tert-OH is 1. The Morgan fingerprint density at radius 2 is 2.08 bits per heavy atom. The summed E-state index contributed by atoms with van der Waals surface area (Å²) in [6.45, 7) is 5.16. The van der Waals surface area contributed by atoms with Crippen molar-refractivity contribution < 1.29 is 19.4 Å². The van der Waals surface area contributed by atoms with Crippen molar-refractivity contribution in [1.82, 2.24) is 0 Å². The summed E-state index contributed by atoms with van der Waals surface area (Å²) in [5.74, 6) is -0.672. The van der Waals surface area contributed by atoms with Gasteiger partial charge in [0.05, 0.1) is 0 Å². The number of carbonyl (C=O) groups excluding carboxylic acids is 2. The summed E-state index contributed by atoms with van der Waals surface area (Å²) in [5, 5.41) is 9.18. The number of rotatable bonds is 4. The van der Waals surface area contributed by atoms with E-state index in [-0.39, 0.29) is 12.8 Å². The lowest BCUT2D eigenvalue weighted by Gasteiger charge is -2.21. The summed E-state index contributed by atoms with van der Waals surface area (Å²) in [6, 6.07) is 0. The lowest BCUT2D eigenvalue weighted by atomic mass is 10.1. The third-order valence-electron chi connectivity index (χ3n) is 1.24. The summed E-state index contributed by atoms with van der Waals surface area (Å²) in [7, 11) is 0. The Kier molecular flexibility index (Phi) is 4.62. The zero-order chi connectivity index (χ0) is 10.5. The molecule has 1 atom stereocenters. The van der Waals surface area contributed by atoms with Crippen LogP contribution in [0.15, 0.2) is 0 Å². The average Bonchev–Trinajstić information content (AvgIpc) is 1.96. The van der Waals surface area contributed by atoms with Gasteiger partial charge in [0.25, 0.3) is 0 Å². The first-order valence-corrected chi connectivity index (χ1v) is 4.21. The van der Waals surface area contributed by atoms with E-state index in [0.29, 0.717) is 6.29 Å². The minimum absolute atomic E-state index is 0.123. The maximum Gasteiger partial charge on any atom is 0.335 e. The molecule has 0 aromatic rings. The molecular weight excluding hydrogens is 172 g/mol. The van der Waals surface area contributed by atoms with Crippen LogP contribution in [0, 0.1) is 0 Å². The predicted molar refractivity (Wildman–Crippen MR) is 47.1 cm³/mol. The molecule has 0 aromatic heterocycles. The maximum atomic E-state index is 11.1. The maximum absolute atomic E-state index is 11.1. The highest BCUT2D eigenvalue weighted by molar-refractivity contribution is 5.75. The smallest absolute Gasteiger partial charge is 0.335 e. The Hall–Kier alpha value is -0.900. The van der Waals surface area contributed by atoms with Gasteiger partial charge in [0, 0.05) is 6.42 Å². The third-order valence-corrected chi connectivity index (χ3v) is 1.24. The van der Waals surface area contributed by atoms with Crippen LogP contribution in [0.25, 0.3) is 0 Å². The zero-order valence-electron chi connectivity index (χ0n) is 8.24. The van der Waals surface area contributed by atoms with Gasteiger partial charge in [-0.25, -0.2) is 4.79 Å². The molecule has 0 spiro atoms. The van der Waals surface area contributed by atoms with E-state index >= 15 is 0 Å². The minimum atomic E-state index is -1.19. The highest BCUT2D eigenvalue weighted by Gasteiger charge is 2.22. The lowest BCUT2D eigenvalue weighted by molar-refractivity contribution is -0.165. The first kappa shape index (κ1) is 12.1. The van der Waals surface area contributed by atoms with E-state index < -0.39 is 17.7 Å². The summed E-state index contributed by atoms with van der Waals surface area (Å²) in [5.41, 5.74) is -0.598. The summed E-state index contributed by atoms with van der Waals surface area (Å²) in [4.78, 5) is 21.0. The first-order valence-electron chi connectivity index (χ1n) is 4.21. The largest absolute Gasteiger partial charge is 0.458 e. The highest BCUT2D eigenvalue weighted by Crippen LogP contribution is 2.09. The number of carbonyl (C=O) groups is 2. The predicted octanol–water partition coefficient (Wildman–Crippen LogP) is 0.668.